The highest BCUT2D eigenvalue weighted by Crippen LogP contribution is 2.29. The van der Waals surface area contributed by atoms with E-state index in [-0.39, 0.29) is 17.1 Å². The Morgan fingerprint density at radius 1 is 1.35 bits per heavy atom. The Balaban J connectivity index is 2.03. The summed E-state index contributed by atoms with van der Waals surface area (Å²) < 4.78 is 40.4. The summed E-state index contributed by atoms with van der Waals surface area (Å²) in [6.45, 7) is 3.61. The predicted octanol–water partition coefficient (Wildman–Crippen LogP) is 2.92. The van der Waals surface area contributed by atoms with Crippen molar-refractivity contribution in [2.75, 3.05) is 26.8 Å². The van der Waals surface area contributed by atoms with Gasteiger partial charge in [0.05, 0.1) is 19.3 Å². The van der Waals surface area contributed by atoms with E-state index in [1.54, 1.807) is 12.1 Å². The van der Waals surface area contributed by atoms with E-state index < -0.39 is 6.61 Å². The molecule has 1 aliphatic heterocycles. The molecule has 1 aromatic rings. The number of ether oxygens (including phenoxy) is 3. The number of hydrogen-bond acceptors (Lipinski definition) is 4. The van der Waals surface area contributed by atoms with Crippen molar-refractivity contribution in [3.05, 3.63) is 23.8 Å². The molecule has 0 bridgehead atoms. The van der Waals surface area contributed by atoms with Gasteiger partial charge in [-0.3, -0.25) is 0 Å². The average molecular weight is 371 g/mol. The molecular weight excluding hydrogens is 344 g/mol. The molecule has 8 heteroatoms. The molecule has 2 rings (SSSR count). The van der Waals surface area contributed by atoms with Crippen LogP contribution in [0.5, 0.6) is 11.5 Å². The van der Waals surface area contributed by atoms with Crippen molar-refractivity contribution >= 4 is 5.96 Å². The molecule has 1 atom stereocenters. The quantitative estimate of drug-likeness (QED) is 0.543. The van der Waals surface area contributed by atoms with Crippen LogP contribution >= 0.6 is 0 Å². The van der Waals surface area contributed by atoms with Crippen molar-refractivity contribution in [2.45, 2.75) is 45.4 Å². The van der Waals surface area contributed by atoms with E-state index in [2.05, 4.69) is 27.3 Å². The molecule has 6 nitrogen and oxygen atoms in total. The molecule has 0 aromatic heterocycles. The third-order valence-electron chi connectivity index (χ3n) is 4.14. The Kier molecular flexibility index (Phi) is 7.44. The van der Waals surface area contributed by atoms with Crippen molar-refractivity contribution in [3.63, 3.8) is 0 Å². The van der Waals surface area contributed by atoms with Gasteiger partial charge in [0.1, 0.15) is 0 Å². The van der Waals surface area contributed by atoms with E-state index in [1.165, 1.54) is 13.2 Å². The molecule has 1 saturated heterocycles. The molecule has 2 N–H and O–H groups in total. The maximum Gasteiger partial charge on any atom is 0.387 e. The van der Waals surface area contributed by atoms with Gasteiger partial charge in [-0.05, 0) is 44.4 Å². The number of hydrogen-bond donors (Lipinski definition) is 2. The SMILES string of the molecule is CCNC(=NCc1ccc(OC)c(OC(F)F)c1)NCC1(C)CCCO1. The average Bonchev–Trinajstić information content (AvgIpc) is 3.04. The Hall–Kier alpha value is -2.09. The normalized spacial score (nSPS) is 20.3. The third kappa shape index (κ3) is 6.01. The lowest BCUT2D eigenvalue weighted by Crippen LogP contribution is -2.45. The fraction of sp³-hybridized carbons (Fsp3) is 0.611. The number of nitrogens with zero attached hydrogens (tertiary/aromatic N) is 1. The highest BCUT2D eigenvalue weighted by atomic mass is 19.3. The van der Waals surface area contributed by atoms with Crippen LogP contribution in [0.15, 0.2) is 23.2 Å². The Morgan fingerprint density at radius 3 is 2.77 bits per heavy atom. The number of benzene rings is 1. The maximum absolute atomic E-state index is 12.5. The van der Waals surface area contributed by atoms with Crippen LogP contribution in [0.1, 0.15) is 32.3 Å². The molecule has 146 valence electrons. The van der Waals surface area contributed by atoms with Gasteiger partial charge < -0.3 is 24.8 Å². The fourth-order valence-corrected chi connectivity index (χ4v) is 2.77. The van der Waals surface area contributed by atoms with Crippen LogP contribution in [0, 0.1) is 0 Å². The zero-order chi connectivity index (χ0) is 19.0. The summed E-state index contributed by atoms with van der Waals surface area (Å²) in [5.74, 6) is 0.908. The predicted molar refractivity (Wildman–Crippen MR) is 96.0 cm³/mol. The van der Waals surface area contributed by atoms with Gasteiger partial charge in [-0.2, -0.15) is 8.78 Å². The largest absolute Gasteiger partial charge is 0.493 e. The van der Waals surface area contributed by atoms with E-state index in [0.29, 0.717) is 25.6 Å². The lowest BCUT2D eigenvalue weighted by Gasteiger charge is -2.24. The van der Waals surface area contributed by atoms with Crippen LogP contribution in [-0.4, -0.2) is 45.0 Å². The van der Waals surface area contributed by atoms with E-state index in [9.17, 15) is 8.78 Å². The fourth-order valence-electron chi connectivity index (χ4n) is 2.77. The summed E-state index contributed by atoms with van der Waals surface area (Å²) in [6, 6.07) is 4.88. The standard InChI is InChI=1S/C18H27F2N3O3/c1-4-21-17(23-12-18(2)8-5-9-25-18)22-11-13-6-7-14(24-3)15(10-13)26-16(19)20/h6-7,10,16H,4-5,8-9,11-12H2,1-3H3,(H2,21,22,23). The summed E-state index contributed by atoms with van der Waals surface area (Å²) in [6.07, 6.45) is 2.07. The smallest absolute Gasteiger partial charge is 0.387 e. The van der Waals surface area contributed by atoms with Gasteiger partial charge in [-0.25, -0.2) is 4.99 Å². The molecule has 1 aromatic carbocycles. The number of halogens is 2. The first-order chi connectivity index (χ1) is 12.5. The monoisotopic (exact) mass is 371 g/mol. The van der Waals surface area contributed by atoms with Crippen molar-refractivity contribution < 1.29 is 23.0 Å². The summed E-state index contributed by atoms with van der Waals surface area (Å²) in [5.41, 5.74) is 0.552. The van der Waals surface area contributed by atoms with Crippen LogP contribution in [0.3, 0.4) is 0 Å². The minimum Gasteiger partial charge on any atom is -0.493 e. The molecule has 0 radical (unpaired) electrons. The molecule has 1 heterocycles. The van der Waals surface area contributed by atoms with Crippen molar-refractivity contribution in [1.82, 2.24) is 10.6 Å². The van der Waals surface area contributed by atoms with Gasteiger partial charge in [0.25, 0.3) is 0 Å². The molecule has 1 fully saturated rings. The maximum atomic E-state index is 12.5. The van der Waals surface area contributed by atoms with Crippen LogP contribution < -0.4 is 20.1 Å². The molecule has 0 aliphatic carbocycles. The second-order valence-electron chi connectivity index (χ2n) is 6.31. The number of methoxy groups -OCH3 is 1. The first-order valence-corrected chi connectivity index (χ1v) is 8.73. The Labute approximate surface area is 152 Å². The van der Waals surface area contributed by atoms with Gasteiger partial charge in [0, 0.05) is 19.7 Å². The summed E-state index contributed by atoms with van der Waals surface area (Å²) in [7, 11) is 1.41. The first-order valence-electron chi connectivity index (χ1n) is 8.73. The minimum atomic E-state index is -2.91. The summed E-state index contributed by atoms with van der Waals surface area (Å²) in [5, 5.41) is 6.45. The lowest BCUT2D eigenvalue weighted by molar-refractivity contribution is -0.0512. The van der Waals surface area contributed by atoms with Gasteiger partial charge in [-0.15, -0.1) is 0 Å². The van der Waals surface area contributed by atoms with E-state index >= 15 is 0 Å². The van der Waals surface area contributed by atoms with Gasteiger partial charge in [0.2, 0.25) is 0 Å². The topological polar surface area (TPSA) is 64.1 Å². The van der Waals surface area contributed by atoms with Crippen LogP contribution in [0.4, 0.5) is 8.78 Å². The molecule has 1 unspecified atom stereocenters. The van der Waals surface area contributed by atoms with Gasteiger partial charge >= 0.3 is 6.61 Å². The van der Waals surface area contributed by atoms with Crippen molar-refractivity contribution in [3.8, 4) is 11.5 Å². The van der Waals surface area contributed by atoms with Crippen molar-refractivity contribution in [1.29, 1.82) is 0 Å². The highest BCUT2D eigenvalue weighted by molar-refractivity contribution is 5.79. The van der Waals surface area contributed by atoms with Gasteiger partial charge in [-0.1, -0.05) is 6.07 Å². The van der Waals surface area contributed by atoms with E-state index in [0.717, 1.165) is 25.0 Å². The minimum absolute atomic E-state index is 0.0000247. The van der Waals surface area contributed by atoms with Crippen LogP contribution in [0.2, 0.25) is 0 Å². The van der Waals surface area contributed by atoms with Crippen molar-refractivity contribution in [2.24, 2.45) is 4.99 Å². The molecular formula is C18H27F2N3O3. The number of nitrogens with one attached hydrogen (secondary N) is 2. The molecule has 0 amide bonds. The Morgan fingerprint density at radius 2 is 2.15 bits per heavy atom. The van der Waals surface area contributed by atoms with Gasteiger partial charge in [0.15, 0.2) is 17.5 Å². The molecule has 0 saturated carbocycles. The number of aliphatic imine (C=N–C) groups is 1. The van der Waals surface area contributed by atoms with E-state index in [1.807, 2.05) is 6.92 Å². The van der Waals surface area contributed by atoms with Crippen LogP contribution in [0.25, 0.3) is 0 Å². The summed E-state index contributed by atoms with van der Waals surface area (Å²) in [4.78, 5) is 4.51. The summed E-state index contributed by atoms with van der Waals surface area (Å²) >= 11 is 0. The highest BCUT2D eigenvalue weighted by Gasteiger charge is 2.29. The lowest BCUT2D eigenvalue weighted by atomic mass is 10.0. The van der Waals surface area contributed by atoms with Crippen LogP contribution in [-0.2, 0) is 11.3 Å². The third-order valence-corrected chi connectivity index (χ3v) is 4.14. The first kappa shape index (κ1) is 20.2. The second-order valence-corrected chi connectivity index (χ2v) is 6.31. The second kappa shape index (κ2) is 9.56. The zero-order valence-corrected chi connectivity index (χ0v) is 15.5. The number of rotatable bonds is 8. The zero-order valence-electron chi connectivity index (χ0n) is 15.5. The van der Waals surface area contributed by atoms with E-state index in [4.69, 9.17) is 9.47 Å². The number of guanidine groups is 1. The molecule has 1 aliphatic rings. The number of alkyl halides is 2. The molecule has 0 spiro atoms. The molecule has 26 heavy (non-hydrogen) atoms. The Bertz CT molecular complexity index is 605.